The second kappa shape index (κ2) is 11.2. The smallest absolute Gasteiger partial charge is 1.00 e. The van der Waals surface area contributed by atoms with Crippen LogP contribution in [0.5, 0.6) is 0 Å². The van der Waals surface area contributed by atoms with Gasteiger partial charge in [-0.3, -0.25) is 9.59 Å². The number of hydrogen-bond donors (Lipinski definition) is 4. The van der Waals surface area contributed by atoms with Crippen LogP contribution in [-0.2, 0) is 36.8 Å². The van der Waals surface area contributed by atoms with Gasteiger partial charge in [0.15, 0.2) is 5.60 Å². The van der Waals surface area contributed by atoms with E-state index in [2.05, 4.69) is 0 Å². The largest absolute Gasteiger partial charge is 1.00 e. The fourth-order valence-electron chi connectivity index (χ4n) is 0.714. The van der Waals surface area contributed by atoms with Gasteiger partial charge in [0.1, 0.15) is 0 Å². The van der Waals surface area contributed by atoms with Crippen molar-refractivity contribution < 1.29 is 119 Å². The maximum Gasteiger partial charge on any atom is 1.00 e. The molecular formula is C6H10AuNa2O7. The third kappa shape index (κ3) is 10.3. The van der Waals surface area contributed by atoms with Crippen LogP contribution in [0.2, 0.25) is 0 Å². The summed E-state index contributed by atoms with van der Waals surface area (Å²) in [6, 6.07) is 0. The molecule has 0 spiro atoms. The third-order valence-electron chi connectivity index (χ3n) is 1.29. The minimum absolute atomic E-state index is 0. The van der Waals surface area contributed by atoms with E-state index in [1.54, 1.807) is 0 Å². The van der Waals surface area contributed by atoms with Crippen molar-refractivity contribution in [2.24, 2.45) is 0 Å². The van der Waals surface area contributed by atoms with Gasteiger partial charge >= 0.3 is 77.0 Å². The molecule has 0 unspecified atom stereocenters. The summed E-state index contributed by atoms with van der Waals surface area (Å²) in [5.74, 6) is -5.02. The first kappa shape index (κ1) is 25.8. The monoisotopic (exact) mass is 437 g/mol. The molecule has 0 heterocycles. The predicted molar refractivity (Wildman–Crippen MR) is 39.3 cm³/mol. The van der Waals surface area contributed by atoms with Gasteiger partial charge in [0, 0.05) is 22.4 Å². The van der Waals surface area contributed by atoms with E-state index in [0.29, 0.717) is 0 Å². The van der Waals surface area contributed by atoms with Gasteiger partial charge in [-0.2, -0.15) is 0 Å². The van der Waals surface area contributed by atoms with E-state index in [1.807, 2.05) is 0 Å². The van der Waals surface area contributed by atoms with E-state index in [0.717, 1.165) is 0 Å². The molecule has 0 aromatic heterocycles. The fourth-order valence-corrected chi connectivity index (χ4v) is 0.714. The number of aliphatic carboxylic acids is 3. The van der Waals surface area contributed by atoms with Crippen LogP contribution in [0.4, 0.5) is 0 Å². The van der Waals surface area contributed by atoms with Crippen molar-refractivity contribution in [1.29, 1.82) is 0 Å². The van der Waals surface area contributed by atoms with Crippen LogP contribution < -0.4 is 59.1 Å². The topological polar surface area (TPSA) is 132 Å². The summed E-state index contributed by atoms with van der Waals surface area (Å²) in [5, 5.41) is 33.8. The van der Waals surface area contributed by atoms with Crippen molar-refractivity contribution in [3.05, 3.63) is 0 Å². The fraction of sp³-hybridized carbons (Fsp3) is 0.500. The average molecular weight is 437 g/mol. The van der Waals surface area contributed by atoms with Gasteiger partial charge in [-0.25, -0.2) is 4.79 Å². The Morgan fingerprint density at radius 3 is 1.31 bits per heavy atom. The Morgan fingerprint density at radius 1 is 0.938 bits per heavy atom. The van der Waals surface area contributed by atoms with Gasteiger partial charge in [0.05, 0.1) is 12.8 Å². The van der Waals surface area contributed by atoms with Crippen molar-refractivity contribution in [3.8, 4) is 0 Å². The van der Waals surface area contributed by atoms with Crippen molar-refractivity contribution in [3.63, 3.8) is 0 Å². The Bertz CT molecular complexity index is 250. The summed E-state index contributed by atoms with van der Waals surface area (Å²) in [5.41, 5.74) is -2.74. The zero-order valence-electron chi connectivity index (χ0n) is 10.7. The number of carboxylic acid groups (broad SMARTS) is 3. The second-order valence-electron chi connectivity index (χ2n) is 2.48. The van der Waals surface area contributed by atoms with Crippen LogP contribution in [0, 0.1) is 0 Å². The number of carboxylic acids is 3. The van der Waals surface area contributed by atoms with Gasteiger partial charge in [0.25, 0.3) is 0 Å². The molecule has 0 aliphatic carbocycles. The molecule has 0 aromatic carbocycles. The van der Waals surface area contributed by atoms with Crippen LogP contribution in [-0.4, -0.2) is 43.9 Å². The van der Waals surface area contributed by atoms with E-state index in [9.17, 15) is 14.4 Å². The molecule has 4 N–H and O–H groups in total. The first-order valence-corrected chi connectivity index (χ1v) is 3.17. The van der Waals surface area contributed by atoms with E-state index < -0.39 is 36.4 Å². The molecule has 0 saturated carbocycles. The molecule has 10 heteroatoms. The Morgan fingerprint density at radius 2 is 1.19 bits per heavy atom. The van der Waals surface area contributed by atoms with Crippen molar-refractivity contribution in [1.82, 2.24) is 0 Å². The minimum atomic E-state index is -2.74. The van der Waals surface area contributed by atoms with Crippen molar-refractivity contribution in [2.45, 2.75) is 18.4 Å². The molecule has 0 aliphatic rings. The quantitative estimate of drug-likeness (QED) is 0.315. The molecule has 0 fully saturated rings. The molecule has 0 aromatic rings. The zero-order chi connectivity index (χ0) is 10.6. The first-order valence-electron chi connectivity index (χ1n) is 3.17. The van der Waals surface area contributed by atoms with E-state index in [1.165, 1.54) is 0 Å². The molecule has 0 bridgehead atoms. The number of rotatable bonds is 5. The number of hydrogen-bond acceptors (Lipinski definition) is 4. The SMILES string of the molecule is O=C(O)CC(O)(CC(=O)O)C(=O)O.[Au].[H-].[H-].[Na+].[Na+]. The number of carbonyl (C=O) groups is 3. The standard InChI is InChI=1S/C6H8O7.Au.2Na.2H/c7-3(8)1-6(13,5(11)12)2-4(9)10;;;;;/h13H,1-2H2,(H,7,8)(H,9,10)(H,11,12);;;;;/q;;2*+1;2*-1. The number of aliphatic hydroxyl groups is 1. The molecule has 0 saturated heterocycles. The average Bonchev–Trinajstić information content (AvgIpc) is 1.82. The molecular weight excluding hydrogens is 427 g/mol. The molecule has 0 rings (SSSR count). The zero-order valence-corrected chi connectivity index (χ0v) is 14.9. The Hall–Kier alpha value is 1.11. The summed E-state index contributed by atoms with van der Waals surface area (Å²) in [6.45, 7) is 0. The van der Waals surface area contributed by atoms with Gasteiger partial charge in [-0.1, -0.05) is 0 Å². The van der Waals surface area contributed by atoms with Crippen LogP contribution in [0.15, 0.2) is 0 Å². The van der Waals surface area contributed by atoms with Crippen LogP contribution in [0.25, 0.3) is 0 Å². The summed E-state index contributed by atoms with van der Waals surface area (Å²) in [6.07, 6.45) is -2.29. The van der Waals surface area contributed by atoms with Gasteiger partial charge < -0.3 is 23.3 Å². The molecule has 89 valence electrons. The molecule has 7 nitrogen and oxygen atoms in total. The second-order valence-corrected chi connectivity index (χ2v) is 2.48. The summed E-state index contributed by atoms with van der Waals surface area (Å²) < 4.78 is 0. The molecule has 0 aliphatic heterocycles. The normalized spacial score (nSPS) is 8.81. The third-order valence-corrected chi connectivity index (χ3v) is 1.29. The first-order chi connectivity index (χ1) is 5.78. The summed E-state index contributed by atoms with van der Waals surface area (Å²) >= 11 is 0. The molecule has 16 heavy (non-hydrogen) atoms. The van der Waals surface area contributed by atoms with Gasteiger partial charge in [-0.05, 0) is 0 Å². The van der Waals surface area contributed by atoms with Gasteiger partial charge in [-0.15, -0.1) is 0 Å². The maximum absolute atomic E-state index is 10.3. The van der Waals surface area contributed by atoms with Crippen molar-refractivity contribution >= 4 is 17.9 Å². The van der Waals surface area contributed by atoms with Gasteiger partial charge in [0.2, 0.25) is 0 Å². The predicted octanol–water partition coefficient (Wildman–Crippen LogP) is -7.02. The maximum atomic E-state index is 10.3. The van der Waals surface area contributed by atoms with E-state index in [4.69, 9.17) is 20.4 Å². The summed E-state index contributed by atoms with van der Waals surface area (Å²) in [7, 11) is 0. The van der Waals surface area contributed by atoms with Crippen LogP contribution >= 0.6 is 0 Å². The van der Waals surface area contributed by atoms with E-state index in [-0.39, 0.29) is 84.3 Å². The Labute approximate surface area is 154 Å². The van der Waals surface area contributed by atoms with Crippen molar-refractivity contribution in [2.75, 3.05) is 0 Å². The minimum Gasteiger partial charge on any atom is -1.00 e. The summed E-state index contributed by atoms with van der Waals surface area (Å²) in [4.78, 5) is 30.5. The van der Waals surface area contributed by atoms with E-state index >= 15 is 0 Å². The Balaban J connectivity index is -0.0000000720. The molecule has 0 amide bonds. The molecule has 0 atom stereocenters. The van der Waals surface area contributed by atoms with Crippen LogP contribution in [0.3, 0.4) is 0 Å². The molecule has 1 radical (unpaired) electrons. The Kier molecular flexibility index (Phi) is 18.1. The van der Waals surface area contributed by atoms with Crippen LogP contribution in [0.1, 0.15) is 15.7 Å².